The van der Waals surface area contributed by atoms with Crippen LogP contribution in [0.1, 0.15) is 11.3 Å². The quantitative estimate of drug-likeness (QED) is 0.919. The molecule has 2 rings (SSSR count). The second kappa shape index (κ2) is 6.63. The van der Waals surface area contributed by atoms with E-state index in [-0.39, 0.29) is 12.4 Å². The number of pyridine rings is 1. The van der Waals surface area contributed by atoms with Crippen molar-refractivity contribution in [2.24, 2.45) is 5.73 Å². The molecule has 0 amide bonds. The molecule has 0 spiro atoms. The molecule has 19 heavy (non-hydrogen) atoms. The zero-order valence-corrected chi connectivity index (χ0v) is 11.9. The molecule has 0 fully saturated rings. The monoisotopic (exact) mass is 324 g/mol. The minimum absolute atomic E-state index is 0.170. The first-order valence-corrected chi connectivity index (χ1v) is 6.70. The van der Waals surface area contributed by atoms with Gasteiger partial charge in [0.25, 0.3) is 0 Å². The molecular formula is C14H14BrFN2O. The first kappa shape index (κ1) is 14.0. The Labute approximate surface area is 119 Å². The molecule has 2 N–H and O–H groups in total. The molecule has 0 aliphatic heterocycles. The van der Waals surface area contributed by atoms with Gasteiger partial charge in [-0.1, -0.05) is 15.9 Å². The maximum atomic E-state index is 13.5. The number of aromatic nitrogens is 1. The lowest BCUT2D eigenvalue weighted by Gasteiger charge is -2.08. The summed E-state index contributed by atoms with van der Waals surface area (Å²) in [7, 11) is 0. The predicted molar refractivity (Wildman–Crippen MR) is 75.4 cm³/mol. The van der Waals surface area contributed by atoms with Crippen molar-refractivity contribution in [3.05, 3.63) is 58.1 Å². The number of rotatable bonds is 5. The van der Waals surface area contributed by atoms with Crippen LogP contribution in [0.5, 0.6) is 5.75 Å². The average molecular weight is 325 g/mol. The Kier molecular flexibility index (Phi) is 4.87. The van der Waals surface area contributed by atoms with E-state index >= 15 is 0 Å². The van der Waals surface area contributed by atoms with Gasteiger partial charge in [-0.3, -0.25) is 4.98 Å². The highest BCUT2D eigenvalue weighted by Gasteiger charge is 2.04. The largest absolute Gasteiger partial charge is 0.487 e. The first-order valence-electron chi connectivity index (χ1n) is 5.91. The van der Waals surface area contributed by atoms with Crippen LogP contribution in [0.2, 0.25) is 0 Å². The number of hydrogen-bond donors (Lipinski definition) is 1. The van der Waals surface area contributed by atoms with Gasteiger partial charge >= 0.3 is 0 Å². The van der Waals surface area contributed by atoms with Crippen molar-refractivity contribution < 1.29 is 9.13 Å². The standard InChI is InChI=1S/C14H14BrFN2O/c15-11-1-4-14(16)10(7-11)9-19-13-3-2-12(5-6-17)18-8-13/h1-4,7-8H,5-6,9,17H2. The molecule has 0 unspecified atom stereocenters. The summed E-state index contributed by atoms with van der Waals surface area (Å²) in [6.45, 7) is 0.736. The van der Waals surface area contributed by atoms with E-state index in [4.69, 9.17) is 10.5 Å². The maximum Gasteiger partial charge on any atom is 0.138 e. The van der Waals surface area contributed by atoms with Gasteiger partial charge < -0.3 is 10.5 Å². The molecule has 0 saturated heterocycles. The molecule has 1 aromatic heterocycles. The molecule has 100 valence electrons. The summed E-state index contributed by atoms with van der Waals surface area (Å²) >= 11 is 3.30. The lowest BCUT2D eigenvalue weighted by molar-refractivity contribution is 0.298. The van der Waals surface area contributed by atoms with E-state index in [1.165, 1.54) is 6.07 Å². The molecule has 1 heterocycles. The summed E-state index contributed by atoms with van der Waals surface area (Å²) in [6.07, 6.45) is 2.36. The highest BCUT2D eigenvalue weighted by Crippen LogP contribution is 2.18. The van der Waals surface area contributed by atoms with Gasteiger partial charge in [-0.2, -0.15) is 0 Å². The van der Waals surface area contributed by atoms with E-state index < -0.39 is 0 Å². The van der Waals surface area contributed by atoms with Gasteiger partial charge in [0, 0.05) is 22.2 Å². The van der Waals surface area contributed by atoms with Gasteiger partial charge in [-0.05, 0) is 36.9 Å². The van der Waals surface area contributed by atoms with Crippen molar-refractivity contribution in [1.82, 2.24) is 4.98 Å². The maximum absolute atomic E-state index is 13.5. The van der Waals surface area contributed by atoms with E-state index in [0.29, 0.717) is 17.9 Å². The van der Waals surface area contributed by atoms with E-state index in [1.54, 1.807) is 18.3 Å². The first-order chi connectivity index (χ1) is 9.19. The second-order valence-corrected chi connectivity index (χ2v) is 4.96. The summed E-state index contributed by atoms with van der Waals surface area (Å²) in [5, 5.41) is 0. The molecule has 3 nitrogen and oxygen atoms in total. The van der Waals surface area contributed by atoms with Crippen LogP contribution in [0.15, 0.2) is 41.0 Å². The van der Waals surface area contributed by atoms with Crippen molar-refractivity contribution in [3.63, 3.8) is 0 Å². The smallest absolute Gasteiger partial charge is 0.138 e. The third-order valence-corrected chi connectivity index (χ3v) is 3.09. The molecule has 2 aromatic rings. The fourth-order valence-electron chi connectivity index (χ4n) is 1.61. The number of halogens is 2. The zero-order chi connectivity index (χ0) is 13.7. The second-order valence-electron chi connectivity index (χ2n) is 4.05. The molecule has 0 bridgehead atoms. The number of ether oxygens (including phenoxy) is 1. The predicted octanol–water partition coefficient (Wildman–Crippen LogP) is 3.06. The van der Waals surface area contributed by atoms with Gasteiger partial charge in [0.2, 0.25) is 0 Å². The highest BCUT2D eigenvalue weighted by atomic mass is 79.9. The number of benzene rings is 1. The van der Waals surface area contributed by atoms with Gasteiger partial charge in [0.1, 0.15) is 18.2 Å². The van der Waals surface area contributed by atoms with E-state index in [0.717, 1.165) is 16.6 Å². The molecule has 1 aromatic carbocycles. The molecule has 0 radical (unpaired) electrons. The van der Waals surface area contributed by atoms with Crippen molar-refractivity contribution in [3.8, 4) is 5.75 Å². The van der Waals surface area contributed by atoms with Crippen LogP contribution < -0.4 is 10.5 Å². The Bertz CT molecular complexity index is 546. The number of nitrogens with two attached hydrogens (primary N) is 1. The van der Waals surface area contributed by atoms with Crippen LogP contribution in [-0.2, 0) is 13.0 Å². The van der Waals surface area contributed by atoms with Crippen LogP contribution in [0.3, 0.4) is 0 Å². The van der Waals surface area contributed by atoms with Crippen LogP contribution in [0.25, 0.3) is 0 Å². The van der Waals surface area contributed by atoms with Crippen molar-refractivity contribution >= 4 is 15.9 Å². The molecular weight excluding hydrogens is 311 g/mol. The lowest BCUT2D eigenvalue weighted by atomic mass is 10.2. The lowest BCUT2D eigenvalue weighted by Crippen LogP contribution is -2.04. The summed E-state index contributed by atoms with van der Waals surface area (Å²) < 4.78 is 19.8. The van der Waals surface area contributed by atoms with Gasteiger partial charge in [0.05, 0.1) is 6.20 Å². The van der Waals surface area contributed by atoms with Crippen LogP contribution in [-0.4, -0.2) is 11.5 Å². The number of hydrogen-bond acceptors (Lipinski definition) is 3. The minimum atomic E-state index is -0.282. The minimum Gasteiger partial charge on any atom is -0.487 e. The molecule has 0 aliphatic rings. The highest BCUT2D eigenvalue weighted by molar-refractivity contribution is 9.10. The molecule has 0 aliphatic carbocycles. The summed E-state index contributed by atoms with van der Waals surface area (Å²) in [5.74, 6) is 0.330. The molecule has 5 heteroatoms. The summed E-state index contributed by atoms with van der Waals surface area (Å²) in [6, 6.07) is 8.44. The van der Waals surface area contributed by atoms with E-state index in [9.17, 15) is 4.39 Å². The van der Waals surface area contributed by atoms with Crippen molar-refractivity contribution in [2.45, 2.75) is 13.0 Å². The number of nitrogens with zero attached hydrogens (tertiary/aromatic N) is 1. The van der Waals surface area contributed by atoms with Gasteiger partial charge in [-0.15, -0.1) is 0 Å². The Morgan fingerprint density at radius 2 is 2.11 bits per heavy atom. The van der Waals surface area contributed by atoms with Gasteiger partial charge in [-0.25, -0.2) is 4.39 Å². The van der Waals surface area contributed by atoms with E-state index in [2.05, 4.69) is 20.9 Å². The van der Waals surface area contributed by atoms with Crippen LogP contribution in [0, 0.1) is 5.82 Å². The zero-order valence-electron chi connectivity index (χ0n) is 10.3. The van der Waals surface area contributed by atoms with E-state index in [1.807, 2.05) is 12.1 Å². The Balaban J connectivity index is 2.00. The topological polar surface area (TPSA) is 48.1 Å². The van der Waals surface area contributed by atoms with Crippen LogP contribution in [0.4, 0.5) is 4.39 Å². The normalized spacial score (nSPS) is 10.5. The Hall–Kier alpha value is -1.46. The summed E-state index contributed by atoms with van der Waals surface area (Å²) in [4.78, 5) is 4.21. The molecule has 0 atom stereocenters. The third-order valence-electron chi connectivity index (χ3n) is 2.60. The fraction of sp³-hybridized carbons (Fsp3) is 0.214. The average Bonchev–Trinajstić information content (AvgIpc) is 2.42. The van der Waals surface area contributed by atoms with Gasteiger partial charge in [0.15, 0.2) is 0 Å². The SMILES string of the molecule is NCCc1ccc(OCc2cc(Br)ccc2F)cn1. The van der Waals surface area contributed by atoms with Crippen LogP contribution >= 0.6 is 15.9 Å². The van der Waals surface area contributed by atoms with Crippen molar-refractivity contribution in [2.75, 3.05) is 6.54 Å². The third kappa shape index (κ3) is 4.01. The fourth-order valence-corrected chi connectivity index (χ4v) is 2.02. The Morgan fingerprint density at radius 1 is 1.26 bits per heavy atom. The summed E-state index contributed by atoms with van der Waals surface area (Å²) in [5.41, 5.74) is 6.87. The molecule has 0 saturated carbocycles. The van der Waals surface area contributed by atoms with Crippen molar-refractivity contribution in [1.29, 1.82) is 0 Å². The Morgan fingerprint density at radius 3 is 2.79 bits per heavy atom.